The molecule has 3 aliphatic heterocycles. The van der Waals surface area contributed by atoms with E-state index in [0.29, 0.717) is 55.4 Å². The molecule has 10 nitrogen and oxygen atoms in total. The lowest BCUT2D eigenvalue weighted by Gasteiger charge is -2.29. The van der Waals surface area contributed by atoms with Crippen LogP contribution in [0.15, 0.2) is 72.8 Å². The average molecular weight is 787 g/mol. The number of carbonyl (C=O) groups is 1. The third-order valence-corrected chi connectivity index (χ3v) is 10.9. The number of amides is 1. The largest absolute Gasteiger partial charge is 0.444 e. The number of imidazole rings is 1. The van der Waals surface area contributed by atoms with Gasteiger partial charge in [0.25, 0.3) is 11.7 Å². The third kappa shape index (κ3) is 6.54. The fraction of sp³-hybridized carbons (Fsp3) is 0.293. The van der Waals surface area contributed by atoms with Gasteiger partial charge in [0.15, 0.2) is 11.5 Å². The molecular formula is C41H35ClF4N6O4. The van der Waals surface area contributed by atoms with Crippen molar-refractivity contribution in [3.05, 3.63) is 117 Å². The number of para-hydroxylation sites is 1. The monoisotopic (exact) mass is 786 g/mol. The molecule has 5 heterocycles. The first kappa shape index (κ1) is 36.2. The molecule has 2 N–H and O–H groups in total. The molecule has 0 aliphatic carbocycles. The highest BCUT2D eigenvalue weighted by atomic mass is 35.5. The summed E-state index contributed by atoms with van der Waals surface area (Å²) in [6, 6.07) is 17.6. The van der Waals surface area contributed by atoms with E-state index in [1.165, 1.54) is 12.1 Å². The maximum atomic E-state index is 14.9. The van der Waals surface area contributed by atoms with E-state index in [1.807, 2.05) is 24.3 Å². The van der Waals surface area contributed by atoms with Crippen molar-refractivity contribution < 1.29 is 36.6 Å². The lowest BCUT2D eigenvalue weighted by Crippen LogP contribution is -2.33. The summed E-state index contributed by atoms with van der Waals surface area (Å²) >= 11 is 5.99. The number of aromatic nitrogens is 4. The Morgan fingerprint density at radius 1 is 1.11 bits per heavy atom. The Morgan fingerprint density at radius 2 is 1.95 bits per heavy atom. The van der Waals surface area contributed by atoms with Crippen molar-refractivity contribution in [1.29, 1.82) is 0 Å². The number of H-pyrrole nitrogens is 1. The average Bonchev–Trinajstić information content (AvgIpc) is 3.80. The molecule has 1 fully saturated rings. The van der Waals surface area contributed by atoms with Gasteiger partial charge < -0.3 is 24.1 Å². The number of alkyl halides is 3. The van der Waals surface area contributed by atoms with Gasteiger partial charge in [0.1, 0.15) is 17.2 Å². The van der Waals surface area contributed by atoms with Crippen LogP contribution in [0.3, 0.4) is 0 Å². The number of rotatable bonds is 8. The van der Waals surface area contributed by atoms with Crippen molar-refractivity contribution in [3.8, 4) is 11.5 Å². The van der Waals surface area contributed by atoms with Crippen LogP contribution in [-0.4, -0.2) is 56.4 Å². The molecule has 3 aliphatic rings. The van der Waals surface area contributed by atoms with Gasteiger partial charge in [-0.1, -0.05) is 29.8 Å². The van der Waals surface area contributed by atoms with Gasteiger partial charge in [-0.3, -0.25) is 14.8 Å². The molecule has 0 radical (unpaired) electrons. The molecule has 1 saturated heterocycles. The smallest absolute Gasteiger partial charge is 0.418 e. The molecule has 4 aromatic carbocycles. The Bertz CT molecular complexity index is 2580. The van der Waals surface area contributed by atoms with Crippen LogP contribution < -0.4 is 14.8 Å². The zero-order chi connectivity index (χ0) is 38.9. The van der Waals surface area contributed by atoms with Gasteiger partial charge >= 0.3 is 6.18 Å². The zero-order valence-electron chi connectivity index (χ0n) is 30.3. The Hall–Kier alpha value is -5.44. The van der Waals surface area contributed by atoms with Crippen LogP contribution in [0.1, 0.15) is 58.3 Å². The van der Waals surface area contributed by atoms with Gasteiger partial charge in [-0.25, -0.2) is 9.37 Å². The predicted octanol–water partition coefficient (Wildman–Crippen LogP) is 9.01. The summed E-state index contributed by atoms with van der Waals surface area (Å²) in [6.45, 7) is 6.47. The summed E-state index contributed by atoms with van der Waals surface area (Å²) < 4.78 is 77.0. The van der Waals surface area contributed by atoms with Crippen molar-refractivity contribution in [1.82, 2.24) is 24.6 Å². The number of halogens is 5. The number of aromatic amines is 1. The molecule has 1 amide bonds. The van der Waals surface area contributed by atoms with E-state index in [1.54, 1.807) is 38.1 Å². The molecule has 0 spiro atoms. The molecule has 0 bridgehead atoms. The first-order chi connectivity index (χ1) is 26.8. The molecule has 288 valence electrons. The summed E-state index contributed by atoms with van der Waals surface area (Å²) in [5, 5.41) is 9.62. The van der Waals surface area contributed by atoms with E-state index in [0.717, 1.165) is 41.5 Å². The number of fused-ring (bicyclic) bond motifs is 3. The number of benzene rings is 4. The van der Waals surface area contributed by atoms with E-state index in [2.05, 4.69) is 31.1 Å². The minimum atomic E-state index is -4.66. The van der Waals surface area contributed by atoms with Gasteiger partial charge in [-0.2, -0.15) is 18.3 Å². The molecule has 2 atom stereocenters. The van der Waals surface area contributed by atoms with Crippen molar-refractivity contribution in [2.45, 2.75) is 57.8 Å². The van der Waals surface area contributed by atoms with Crippen LogP contribution in [0.4, 0.5) is 23.2 Å². The second-order valence-corrected chi connectivity index (χ2v) is 14.9. The fourth-order valence-corrected chi connectivity index (χ4v) is 7.82. The molecule has 2 aromatic heterocycles. The third-order valence-electron chi connectivity index (χ3n) is 10.7. The van der Waals surface area contributed by atoms with Crippen LogP contribution in [-0.2, 0) is 29.8 Å². The molecule has 56 heavy (non-hydrogen) atoms. The highest BCUT2D eigenvalue weighted by molar-refractivity contribution is 6.30. The number of hydrogen-bond donors (Lipinski definition) is 2. The standard InChI is InChI=1S/C41H35ClF4N6O4/c1-22-29-18-26(19-31(41(44,45)46)37(29)50-49-22)47-39(53)24-6-9-34-33(16-24)48-36(52(34)20-27-12-15-54-27)21-51-13-10-23(11-14-51)28-4-3-5-35-38(28)56-40(2,55-35)30-8-7-25(42)17-32(30)43/h3-10,16-19,27H,11-15,20-21H2,1-2H3,(H,47,53)(H,49,50)/t27-,40+/m0/s1. The first-order valence-electron chi connectivity index (χ1n) is 18.2. The van der Waals surface area contributed by atoms with Crippen LogP contribution >= 0.6 is 11.6 Å². The Morgan fingerprint density at radius 3 is 2.68 bits per heavy atom. The molecular weight excluding hydrogens is 752 g/mol. The molecule has 0 unspecified atom stereocenters. The van der Waals surface area contributed by atoms with Crippen molar-refractivity contribution >= 4 is 50.7 Å². The van der Waals surface area contributed by atoms with Gasteiger partial charge in [0, 0.05) is 59.5 Å². The number of carbonyl (C=O) groups excluding carboxylic acids is 1. The van der Waals surface area contributed by atoms with Crippen LogP contribution in [0.5, 0.6) is 11.5 Å². The van der Waals surface area contributed by atoms with Gasteiger partial charge in [0.05, 0.1) is 41.4 Å². The molecule has 15 heteroatoms. The van der Waals surface area contributed by atoms with Crippen molar-refractivity contribution in [2.24, 2.45) is 0 Å². The molecule has 6 aromatic rings. The number of hydrogen-bond acceptors (Lipinski definition) is 7. The number of anilines is 1. The number of nitrogens with zero attached hydrogens (tertiary/aromatic N) is 4. The SMILES string of the molecule is Cc1[nH]nc2c(C(F)(F)F)cc(NC(=O)c3ccc4c(c3)nc(CN3CC=C(c5cccc6c5O[C@](C)(c5ccc(Cl)cc5F)O6)CC3)n4C[C@@H]3CCO3)cc12. The van der Waals surface area contributed by atoms with Crippen molar-refractivity contribution in [2.75, 3.05) is 25.0 Å². The maximum absolute atomic E-state index is 14.9. The minimum absolute atomic E-state index is 0.00862. The number of aryl methyl sites for hydroxylation is 1. The summed E-state index contributed by atoms with van der Waals surface area (Å²) in [4.78, 5) is 20.7. The lowest BCUT2D eigenvalue weighted by atomic mass is 9.98. The van der Waals surface area contributed by atoms with E-state index in [4.69, 9.17) is 30.8 Å². The van der Waals surface area contributed by atoms with Gasteiger partial charge in [-0.15, -0.1) is 0 Å². The summed E-state index contributed by atoms with van der Waals surface area (Å²) in [5.74, 6) is -0.542. The summed E-state index contributed by atoms with van der Waals surface area (Å²) in [7, 11) is 0. The Balaban J connectivity index is 0.947. The van der Waals surface area contributed by atoms with Crippen molar-refractivity contribution in [3.63, 3.8) is 0 Å². The number of nitrogens with one attached hydrogen (secondary N) is 2. The van der Waals surface area contributed by atoms with Gasteiger partial charge in [0.2, 0.25) is 0 Å². The zero-order valence-corrected chi connectivity index (χ0v) is 31.0. The van der Waals surface area contributed by atoms with Crippen LogP contribution in [0.25, 0.3) is 27.5 Å². The van der Waals surface area contributed by atoms with E-state index < -0.39 is 29.3 Å². The lowest BCUT2D eigenvalue weighted by molar-refractivity contribution is -0.136. The van der Waals surface area contributed by atoms with E-state index >= 15 is 0 Å². The second kappa shape index (κ2) is 13.6. The van der Waals surface area contributed by atoms with E-state index in [9.17, 15) is 22.4 Å². The first-order valence-corrected chi connectivity index (χ1v) is 18.6. The maximum Gasteiger partial charge on any atom is 0.418 e. The quantitative estimate of drug-likeness (QED) is 0.148. The topological polar surface area (TPSA) is 107 Å². The number of ether oxygens (including phenoxy) is 3. The molecule has 0 saturated carbocycles. The Labute approximate surface area is 323 Å². The minimum Gasteiger partial charge on any atom is -0.444 e. The molecule has 9 rings (SSSR count). The van der Waals surface area contributed by atoms with Crippen LogP contribution in [0, 0.1) is 12.7 Å². The van der Waals surface area contributed by atoms with E-state index in [-0.39, 0.29) is 38.8 Å². The van der Waals surface area contributed by atoms with Gasteiger partial charge in [-0.05, 0) is 79.9 Å². The Kier molecular flexibility index (Phi) is 8.82. The highest BCUT2D eigenvalue weighted by Gasteiger charge is 2.42. The fourth-order valence-electron chi connectivity index (χ4n) is 7.66. The highest BCUT2D eigenvalue weighted by Crippen LogP contribution is 2.49. The summed E-state index contributed by atoms with van der Waals surface area (Å²) in [6.07, 6.45) is -0.834. The normalized spacial score (nSPS) is 19.7. The van der Waals surface area contributed by atoms with Crippen LogP contribution in [0.2, 0.25) is 5.02 Å². The second-order valence-electron chi connectivity index (χ2n) is 14.5. The summed E-state index contributed by atoms with van der Waals surface area (Å²) in [5.41, 5.74) is 3.22. The predicted molar refractivity (Wildman–Crippen MR) is 202 cm³/mol.